The van der Waals surface area contributed by atoms with Crippen LogP contribution in [0.1, 0.15) is 52.0 Å². The van der Waals surface area contributed by atoms with E-state index < -0.39 is 11.0 Å². The third-order valence-electron chi connectivity index (χ3n) is 8.13. The number of nitro benzene ring substituents is 1. The zero-order valence-corrected chi connectivity index (χ0v) is 23.3. The zero-order chi connectivity index (χ0) is 28.3. The van der Waals surface area contributed by atoms with Crippen LogP contribution < -0.4 is 4.74 Å². The van der Waals surface area contributed by atoms with Crippen LogP contribution in [0.4, 0.5) is 5.69 Å². The van der Waals surface area contributed by atoms with Gasteiger partial charge in [-0.1, -0.05) is 78.9 Å². The lowest BCUT2D eigenvalue weighted by molar-refractivity contribution is -0.386. The first-order valence-corrected chi connectivity index (χ1v) is 13.7. The summed E-state index contributed by atoms with van der Waals surface area (Å²) in [5.74, 6) is 0.190. The molecule has 0 aliphatic heterocycles. The molecule has 1 aliphatic rings. The number of fused-ring (bicyclic) bond motifs is 1. The number of benzene rings is 4. The quantitative estimate of drug-likeness (QED) is 0.177. The molecule has 0 amide bonds. The van der Waals surface area contributed by atoms with Gasteiger partial charge in [0.2, 0.25) is 0 Å². The summed E-state index contributed by atoms with van der Waals surface area (Å²) in [7, 11) is 0. The van der Waals surface area contributed by atoms with E-state index in [-0.39, 0.29) is 23.6 Å². The molecule has 4 aromatic carbocycles. The molecule has 5 rings (SSSR count). The first kappa shape index (κ1) is 27.6. The fraction of sp³-hybridized carbons (Fsp3) is 0.294. The molecule has 6 heteroatoms. The molecule has 1 N–H and O–H groups in total. The van der Waals surface area contributed by atoms with Crippen LogP contribution in [0.5, 0.6) is 5.75 Å². The lowest BCUT2D eigenvalue weighted by Gasteiger charge is -2.40. The normalized spacial score (nSPS) is 14.6. The predicted molar refractivity (Wildman–Crippen MR) is 157 cm³/mol. The SMILES string of the molecule is Cc1cc2c(cc1C)CC(C)(N(Cc1ccccc1)CC(O)c1ccc(OCc3ccccc3)c([N+](=O)[O-])c1)C2. The minimum atomic E-state index is -0.908. The Kier molecular flexibility index (Phi) is 8.01. The first-order chi connectivity index (χ1) is 19.2. The van der Waals surface area contributed by atoms with Gasteiger partial charge in [0.15, 0.2) is 5.75 Å². The van der Waals surface area contributed by atoms with E-state index >= 15 is 0 Å². The van der Waals surface area contributed by atoms with Crippen LogP contribution in [0.3, 0.4) is 0 Å². The van der Waals surface area contributed by atoms with Gasteiger partial charge in [0.05, 0.1) is 11.0 Å². The topological polar surface area (TPSA) is 75.8 Å². The summed E-state index contributed by atoms with van der Waals surface area (Å²) in [6, 6.07) is 29.2. The number of ether oxygens (including phenoxy) is 1. The Morgan fingerprint density at radius 1 is 0.900 bits per heavy atom. The predicted octanol–water partition coefficient (Wildman–Crippen LogP) is 6.88. The summed E-state index contributed by atoms with van der Waals surface area (Å²) in [4.78, 5) is 13.8. The number of β-amino-alcohol motifs (C(OH)–C–C–N with tert-alkyl or cyclic N) is 1. The molecular weight excluding hydrogens is 500 g/mol. The number of aryl methyl sites for hydroxylation is 2. The van der Waals surface area contributed by atoms with Crippen molar-refractivity contribution in [3.63, 3.8) is 0 Å². The Bertz CT molecular complexity index is 1460. The molecule has 206 valence electrons. The molecule has 40 heavy (non-hydrogen) atoms. The number of nitrogens with zero attached hydrogens (tertiary/aromatic N) is 2. The average molecular weight is 537 g/mol. The van der Waals surface area contributed by atoms with Crippen LogP contribution in [-0.4, -0.2) is 27.0 Å². The van der Waals surface area contributed by atoms with Crippen LogP contribution in [-0.2, 0) is 26.0 Å². The van der Waals surface area contributed by atoms with E-state index in [1.54, 1.807) is 12.1 Å². The molecular formula is C34H36N2O4. The van der Waals surface area contributed by atoms with Crippen molar-refractivity contribution in [2.45, 2.75) is 58.4 Å². The molecule has 1 unspecified atom stereocenters. The van der Waals surface area contributed by atoms with Crippen molar-refractivity contribution < 1.29 is 14.8 Å². The van der Waals surface area contributed by atoms with Gasteiger partial charge in [-0.3, -0.25) is 15.0 Å². The lowest BCUT2D eigenvalue weighted by atomic mass is 9.93. The van der Waals surface area contributed by atoms with E-state index in [4.69, 9.17) is 4.74 Å². The van der Waals surface area contributed by atoms with E-state index in [0.717, 1.165) is 24.0 Å². The fourth-order valence-corrected chi connectivity index (χ4v) is 5.71. The van der Waals surface area contributed by atoms with Crippen LogP contribution in [0.15, 0.2) is 91.0 Å². The minimum Gasteiger partial charge on any atom is -0.482 e. The number of rotatable bonds is 10. The van der Waals surface area contributed by atoms with Gasteiger partial charge in [-0.15, -0.1) is 0 Å². The van der Waals surface area contributed by atoms with Crippen molar-refractivity contribution in [3.8, 4) is 5.75 Å². The second-order valence-electron chi connectivity index (χ2n) is 11.2. The largest absolute Gasteiger partial charge is 0.482 e. The van der Waals surface area contributed by atoms with Gasteiger partial charge in [-0.2, -0.15) is 0 Å². The average Bonchev–Trinajstić information content (AvgIpc) is 3.28. The van der Waals surface area contributed by atoms with Gasteiger partial charge in [-0.25, -0.2) is 0 Å². The molecule has 0 saturated heterocycles. The Labute approximate surface area is 236 Å². The van der Waals surface area contributed by atoms with Gasteiger partial charge >= 0.3 is 5.69 Å². The number of hydrogen-bond donors (Lipinski definition) is 1. The molecule has 0 saturated carbocycles. The van der Waals surface area contributed by atoms with Crippen molar-refractivity contribution in [2.75, 3.05) is 6.54 Å². The Morgan fingerprint density at radius 3 is 2.05 bits per heavy atom. The molecule has 0 bridgehead atoms. The summed E-state index contributed by atoms with van der Waals surface area (Å²) >= 11 is 0. The maximum atomic E-state index is 11.9. The maximum Gasteiger partial charge on any atom is 0.311 e. The summed E-state index contributed by atoms with van der Waals surface area (Å²) in [6.07, 6.45) is 0.861. The Morgan fingerprint density at radius 2 is 1.48 bits per heavy atom. The Balaban J connectivity index is 1.39. The molecule has 0 spiro atoms. The van der Waals surface area contributed by atoms with E-state index in [1.807, 2.05) is 48.5 Å². The fourth-order valence-electron chi connectivity index (χ4n) is 5.71. The van der Waals surface area contributed by atoms with Crippen LogP contribution in [0, 0.1) is 24.0 Å². The molecule has 4 aromatic rings. The Hall–Kier alpha value is -4.00. The maximum absolute atomic E-state index is 11.9. The van der Waals surface area contributed by atoms with Crippen LogP contribution in [0.2, 0.25) is 0 Å². The molecule has 6 nitrogen and oxygen atoms in total. The van der Waals surface area contributed by atoms with E-state index in [9.17, 15) is 15.2 Å². The molecule has 1 aliphatic carbocycles. The summed E-state index contributed by atoms with van der Waals surface area (Å²) in [5.41, 5.74) is 7.53. The van der Waals surface area contributed by atoms with Crippen molar-refractivity contribution in [1.82, 2.24) is 4.90 Å². The highest BCUT2D eigenvalue weighted by molar-refractivity contribution is 5.49. The number of nitro groups is 1. The first-order valence-electron chi connectivity index (χ1n) is 13.7. The number of hydrogen-bond acceptors (Lipinski definition) is 5. The van der Waals surface area contributed by atoms with E-state index in [2.05, 4.69) is 49.9 Å². The lowest BCUT2D eigenvalue weighted by Crippen LogP contribution is -2.48. The summed E-state index contributed by atoms with van der Waals surface area (Å²) < 4.78 is 5.80. The van der Waals surface area contributed by atoms with Crippen LogP contribution in [0.25, 0.3) is 0 Å². The highest BCUT2D eigenvalue weighted by atomic mass is 16.6. The molecule has 0 heterocycles. The third kappa shape index (κ3) is 6.09. The summed E-state index contributed by atoms with van der Waals surface area (Å²) in [6.45, 7) is 7.80. The summed E-state index contributed by atoms with van der Waals surface area (Å²) in [5, 5.41) is 23.4. The van der Waals surface area contributed by atoms with Crippen molar-refractivity contribution in [1.29, 1.82) is 0 Å². The highest BCUT2D eigenvalue weighted by Gasteiger charge is 2.39. The minimum absolute atomic E-state index is 0.146. The smallest absolute Gasteiger partial charge is 0.311 e. The van der Waals surface area contributed by atoms with Crippen molar-refractivity contribution >= 4 is 5.69 Å². The van der Waals surface area contributed by atoms with Gasteiger partial charge in [0, 0.05) is 24.7 Å². The van der Waals surface area contributed by atoms with Gasteiger partial charge < -0.3 is 9.84 Å². The van der Waals surface area contributed by atoms with E-state index in [1.165, 1.54) is 28.3 Å². The number of aliphatic hydroxyl groups excluding tert-OH is 1. The van der Waals surface area contributed by atoms with Gasteiger partial charge in [-0.05, 0) is 78.6 Å². The highest BCUT2D eigenvalue weighted by Crippen LogP contribution is 2.38. The zero-order valence-electron chi connectivity index (χ0n) is 23.3. The second kappa shape index (κ2) is 11.6. The van der Waals surface area contributed by atoms with Gasteiger partial charge in [0.1, 0.15) is 6.61 Å². The van der Waals surface area contributed by atoms with Gasteiger partial charge in [0.25, 0.3) is 0 Å². The molecule has 1 atom stereocenters. The third-order valence-corrected chi connectivity index (χ3v) is 8.13. The van der Waals surface area contributed by atoms with E-state index in [0.29, 0.717) is 18.7 Å². The monoisotopic (exact) mass is 536 g/mol. The standard InChI is InChI=1S/C34H36N2O4/c1-24-16-29-19-34(3,20-30(29)17-25(24)2)35(21-26-10-6-4-7-11-26)22-32(37)28-14-15-33(31(18-28)36(38)39)40-23-27-12-8-5-9-13-27/h4-18,32,37H,19-23H2,1-3H3. The molecule has 0 fully saturated rings. The second-order valence-corrected chi connectivity index (χ2v) is 11.2. The number of aliphatic hydroxyl groups is 1. The van der Waals surface area contributed by atoms with Crippen molar-refractivity contribution in [3.05, 3.63) is 140 Å². The van der Waals surface area contributed by atoms with Crippen LogP contribution >= 0.6 is 0 Å². The molecule has 0 aromatic heterocycles. The van der Waals surface area contributed by atoms with Crippen molar-refractivity contribution in [2.24, 2.45) is 0 Å². The molecule has 0 radical (unpaired) electrons.